The Hall–Kier alpha value is -3.62. The van der Waals surface area contributed by atoms with E-state index in [1.54, 1.807) is 6.07 Å². The van der Waals surface area contributed by atoms with Gasteiger partial charge in [-0.15, -0.1) is 0 Å². The number of nitrogens with zero attached hydrogens (tertiary/aromatic N) is 1. The van der Waals surface area contributed by atoms with E-state index in [0.717, 1.165) is 15.8 Å². The molecule has 10 heteroatoms. The lowest BCUT2D eigenvalue weighted by molar-refractivity contribution is -0.151. The summed E-state index contributed by atoms with van der Waals surface area (Å²) >= 11 is 11.8. The third kappa shape index (κ3) is 5.30. The van der Waals surface area contributed by atoms with Crippen molar-refractivity contribution < 1.29 is 23.9 Å². The molecule has 174 valence electrons. The molecule has 2 N–H and O–H groups in total. The molecule has 0 bridgehead atoms. The van der Waals surface area contributed by atoms with E-state index >= 15 is 0 Å². The minimum atomic E-state index is -0.813. The number of hydrogen-bond donors (Lipinski definition) is 2. The molecule has 3 aromatic carbocycles. The molecule has 1 heterocycles. The predicted octanol–water partition coefficient (Wildman–Crippen LogP) is 3.82. The highest BCUT2D eigenvalue weighted by atomic mass is 35.5. The lowest BCUT2D eigenvalue weighted by Crippen LogP contribution is -2.43. The monoisotopic (exact) mass is 499 g/mol. The molecule has 1 aliphatic rings. The number of fused-ring (bicyclic) bond motifs is 1. The minimum absolute atomic E-state index is 0.0737. The number of amides is 3. The Morgan fingerprint density at radius 2 is 1.76 bits per heavy atom. The fourth-order valence-corrected chi connectivity index (χ4v) is 3.87. The SMILES string of the molecule is O=C(COC(=O)[C@@H]1CC(=O)N(NC(=O)c2ccc(Cl)c(Cl)c2)C1)Nc1cccc2ccccc12. The van der Waals surface area contributed by atoms with Gasteiger partial charge in [-0.3, -0.25) is 29.6 Å². The Bertz CT molecular complexity index is 1290. The first-order valence-electron chi connectivity index (χ1n) is 10.3. The van der Waals surface area contributed by atoms with E-state index in [-0.39, 0.29) is 23.6 Å². The van der Waals surface area contributed by atoms with Gasteiger partial charge in [-0.05, 0) is 29.7 Å². The van der Waals surface area contributed by atoms with Crippen LogP contribution in [0, 0.1) is 5.92 Å². The first kappa shape index (κ1) is 23.5. The number of carbonyl (C=O) groups excluding carboxylic acids is 4. The topological polar surface area (TPSA) is 105 Å². The highest BCUT2D eigenvalue weighted by Gasteiger charge is 2.36. The molecule has 1 atom stereocenters. The van der Waals surface area contributed by atoms with Gasteiger partial charge < -0.3 is 10.1 Å². The van der Waals surface area contributed by atoms with E-state index < -0.39 is 36.2 Å². The van der Waals surface area contributed by atoms with Crippen LogP contribution >= 0.6 is 23.2 Å². The number of ether oxygens (including phenoxy) is 1. The summed E-state index contributed by atoms with van der Waals surface area (Å²) in [7, 11) is 0. The van der Waals surface area contributed by atoms with E-state index in [0.29, 0.717) is 10.7 Å². The van der Waals surface area contributed by atoms with Crippen molar-refractivity contribution in [3.05, 3.63) is 76.3 Å². The van der Waals surface area contributed by atoms with Crippen molar-refractivity contribution in [3.63, 3.8) is 0 Å². The summed E-state index contributed by atoms with van der Waals surface area (Å²) in [5, 5.41) is 6.10. The van der Waals surface area contributed by atoms with Crippen LogP contribution in [0.3, 0.4) is 0 Å². The van der Waals surface area contributed by atoms with Gasteiger partial charge >= 0.3 is 5.97 Å². The van der Waals surface area contributed by atoms with Gasteiger partial charge in [-0.2, -0.15) is 0 Å². The maximum atomic E-state index is 12.4. The Morgan fingerprint density at radius 3 is 2.56 bits per heavy atom. The molecule has 1 saturated heterocycles. The average molecular weight is 500 g/mol. The van der Waals surface area contributed by atoms with Gasteiger partial charge in [0.1, 0.15) is 0 Å². The highest BCUT2D eigenvalue weighted by Crippen LogP contribution is 2.24. The van der Waals surface area contributed by atoms with Crippen molar-refractivity contribution in [3.8, 4) is 0 Å². The van der Waals surface area contributed by atoms with Gasteiger partial charge in [0, 0.05) is 23.1 Å². The lowest BCUT2D eigenvalue weighted by atomic mass is 10.1. The average Bonchev–Trinajstić information content (AvgIpc) is 3.19. The second-order valence-corrected chi connectivity index (χ2v) is 8.47. The quantitative estimate of drug-likeness (QED) is 0.501. The number of carbonyl (C=O) groups is 4. The molecule has 1 fully saturated rings. The zero-order valence-corrected chi connectivity index (χ0v) is 19.2. The first-order chi connectivity index (χ1) is 16.3. The van der Waals surface area contributed by atoms with E-state index in [4.69, 9.17) is 27.9 Å². The molecule has 3 amide bonds. The molecule has 0 saturated carbocycles. The summed E-state index contributed by atoms with van der Waals surface area (Å²) < 4.78 is 5.11. The maximum Gasteiger partial charge on any atom is 0.311 e. The summed E-state index contributed by atoms with van der Waals surface area (Å²) in [5.41, 5.74) is 3.26. The predicted molar refractivity (Wildman–Crippen MR) is 127 cm³/mol. The zero-order chi connectivity index (χ0) is 24.2. The highest BCUT2D eigenvalue weighted by molar-refractivity contribution is 6.42. The molecule has 0 radical (unpaired) electrons. The number of benzene rings is 3. The van der Waals surface area contributed by atoms with Crippen molar-refractivity contribution in [1.29, 1.82) is 0 Å². The van der Waals surface area contributed by atoms with Gasteiger partial charge in [0.15, 0.2) is 6.61 Å². The molecule has 0 aromatic heterocycles. The molecule has 34 heavy (non-hydrogen) atoms. The second kappa shape index (κ2) is 10.1. The molecular weight excluding hydrogens is 481 g/mol. The molecular formula is C24H19Cl2N3O5. The molecule has 0 unspecified atom stereocenters. The molecule has 0 spiro atoms. The number of anilines is 1. The second-order valence-electron chi connectivity index (χ2n) is 7.66. The first-order valence-corrected chi connectivity index (χ1v) is 11.1. The Morgan fingerprint density at radius 1 is 1.00 bits per heavy atom. The standard InChI is InChI=1S/C24H19Cl2N3O5/c25-18-9-8-15(10-19(18)26)23(32)28-29-12-16(11-22(29)31)24(33)34-13-21(30)27-20-7-3-5-14-4-1-2-6-17(14)20/h1-10,16H,11-13H2,(H,27,30)(H,28,32)/t16-/m1/s1. The van der Waals surface area contributed by atoms with Crippen LogP contribution in [0.2, 0.25) is 10.0 Å². The van der Waals surface area contributed by atoms with Gasteiger partial charge in [0.2, 0.25) is 5.91 Å². The van der Waals surface area contributed by atoms with Gasteiger partial charge in [0.05, 0.1) is 22.5 Å². The van der Waals surface area contributed by atoms with Gasteiger partial charge in [-0.1, -0.05) is 59.6 Å². The van der Waals surface area contributed by atoms with Crippen molar-refractivity contribution in [2.75, 3.05) is 18.5 Å². The summed E-state index contributed by atoms with van der Waals surface area (Å²) in [4.78, 5) is 49.4. The van der Waals surface area contributed by atoms with E-state index in [9.17, 15) is 19.2 Å². The summed E-state index contributed by atoms with van der Waals surface area (Å²) in [6.07, 6.45) is -0.147. The summed E-state index contributed by atoms with van der Waals surface area (Å²) in [6.45, 7) is -0.571. The van der Waals surface area contributed by atoms with Crippen LogP contribution in [0.5, 0.6) is 0 Å². The van der Waals surface area contributed by atoms with Crippen LogP contribution in [0.25, 0.3) is 10.8 Å². The van der Waals surface area contributed by atoms with E-state index in [1.165, 1.54) is 18.2 Å². The summed E-state index contributed by atoms with van der Waals surface area (Å²) in [5.74, 6) is -3.04. The number of hydrazine groups is 1. The molecule has 0 aliphatic carbocycles. The fourth-order valence-electron chi connectivity index (χ4n) is 3.57. The minimum Gasteiger partial charge on any atom is -0.455 e. The fraction of sp³-hybridized carbons (Fsp3) is 0.167. The third-order valence-corrected chi connectivity index (χ3v) is 6.02. The molecule has 4 rings (SSSR count). The lowest BCUT2D eigenvalue weighted by Gasteiger charge is -2.17. The Labute approximate surface area is 204 Å². The van der Waals surface area contributed by atoms with Crippen molar-refractivity contribution in [2.45, 2.75) is 6.42 Å². The van der Waals surface area contributed by atoms with Crippen LogP contribution in [-0.2, 0) is 19.1 Å². The molecule has 8 nitrogen and oxygen atoms in total. The van der Waals surface area contributed by atoms with Crippen molar-refractivity contribution in [1.82, 2.24) is 10.4 Å². The van der Waals surface area contributed by atoms with E-state index in [2.05, 4.69) is 10.7 Å². The number of nitrogens with one attached hydrogen (secondary N) is 2. The zero-order valence-electron chi connectivity index (χ0n) is 17.7. The van der Waals surface area contributed by atoms with Crippen LogP contribution in [-0.4, -0.2) is 41.9 Å². The van der Waals surface area contributed by atoms with Crippen LogP contribution in [0.1, 0.15) is 16.8 Å². The van der Waals surface area contributed by atoms with E-state index in [1.807, 2.05) is 36.4 Å². The number of rotatable bonds is 6. The number of esters is 1. The number of hydrogen-bond acceptors (Lipinski definition) is 5. The Balaban J connectivity index is 1.29. The molecule has 3 aromatic rings. The van der Waals surface area contributed by atoms with Gasteiger partial charge in [0.25, 0.3) is 11.8 Å². The smallest absolute Gasteiger partial charge is 0.311 e. The largest absolute Gasteiger partial charge is 0.455 e. The van der Waals surface area contributed by atoms with Crippen LogP contribution in [0.4, 0.5) is 5.69 Å². The van der Waals surface area contributed by atoms with Crippen molar-refractivity contribution in [2.24, 2.45) is 5.92 Å². The maximum absolute atomic E-state index is 12.4. The Kier molecular flexibility index (Phi) is 7.00. The van der Waals surface area contributed by atoms with Crippen molar-refractivity contribution >= 4 is 63.4 Å². The van der Waals surface area contributed by atoms with Crippen LogP contribution < -0.4 is 10.7 Å². The number of halogens is 2. The normalized spacial score (nSPS) is 15.3. The van der Waals surface area contributed by atoms with Crippen LogP contribution in [0.15, 0.2) is 60.7 Å². The molecule has 1 aliphatic heterocycles. The third-order valence-electron chi connectivity index (χ3n) is 5.29. The van der Waals surface area contributed by atoms with Gasteiger partial charge in [-0.25, -0.2) is 0 Å². The summed E-state index contributed by atoms with van der Waals surface area (Å²) in [6, 6.07) is 17.4.